The van der Waals surface area contributed by atoms with E-state index in [-0.39, 0.29) is 18.2 Å². The van der Waals surface area contributed by atoms with Gasteiger partial charge in [-0.2, -0.15) is 4.98 Å². The summed E-state index contributed by atoms with van der Waals surface area (Å²) in [6.07, 6.45) is 1.29. The third kappa shape index (κ3) is 4.65. The molecule has 8 heteroatoms. The fourth-order valence-electron chi connectivity index (χ4n) is 3.70. The van der Waals surface area contributed by atoms with Crippen molar-refractivity contribution in [1.29, 1.82) is 0 Å². The average Bonchev–Trinajstić information content (AvgIpc) is 3.07. The van der Waals surface area contributed by atoms with Crippen molar-refractivity contribution in [1.82, 2.24) is 20.2 Å². The number of nitrogens with zero attached hydrogens (tertiary/aromatic N) is 4. The molecule has 1 aromatic heterocycles. The van der Waals surface area contributed by atoms with Crippen molar-refractivity contribution in [2.45, 2.75) is 32.5 Å². The summed E-state index contributed by atoms with van der Waals surface area (Å²) in [5.41, 5.74) is 2.49. The maximum absolute atomic E-state index is 11.9. The van der Waals surface area contributed by atoms with E-state index < -0.39 is 0 Å². The highest BCUT2D eigenvalue weighted by Gasteiger charge is 2.32. The van der Waals surface area contributed by atoms with Gasteiger partial charge in [0, 0.05) is 38.9 Å². The zero-order valence-electron chi connectivity index (χ0n) is 17.0. The van der Waals surface area contributed by atoms with E-state index in [1.165, 1.54) is 5.56 Å². The minimum atomic E-state index is -0.365. The number of ether oxygens (including phenoxy) is 1. The topological polar surface area (TPSA) is 82.6 Å². The fourth-order valence-corrected chi connectivity index (χ4v) is 3.70. The van der Waals surface area contributed by atoms with Crippen molar-refractivity contribution in [3.63, 3.8) is 0 Å². The summed E-state index contributed by atoms with van der Waals surface area (Å²) < 4.78 is 5.09. The second-order valence-electron chi connectivity index (χ2n) is 7.67. The molecule has 8 nitrogen and oxygen atoms in total. The van der Waals surface area contributed by atoms with Crippen molar-refractivity contribution in [3.8, 4) is 0 Å². The molecule has 2 aliphatic heterocycles. The first-order valence-corrected chi connectivity index (χ1v) is 10.2. The minimum absolute atomic E-state index is 0.0362. The smallest absolute Gasteiger partial charge is 0.415 e. The first-order chi connectivity index (χ1) is 14.1. The first-order valence-electron chi connectivity index (χ1n) is 10.2. The summed E-state index contributed by atoms with van der Waals surface area (Å²) in [7, 11) is 0. The number of cyclic esters (lactones) is 1. The van der Waals surface area contributed by atoms with E-state index in [0.29, 0.717) is 18.4 Å². The fraction of sp³-hybridized carbons (Fsp3) is 0.476. The summed E-state index contributed by atoms with van der Waals surface area (Å²) in [5.74, 6) is 1.04. The van der Waals surface area contributed by atoms with Crippen LogP contribution in [0.1, 0.15) is 31.0 Å². The highest BCUT2D eigenvalue weighted by molar-refractivity contribution is 5.89. The van der Waals surface area contributed by atoms with Gasteiger partial charge in [0.2, 0.25) is 5.95 Å². The normalized spacial score (nSPS) is 21.1. The van der Waals surface area contributed by atoms with Gasteiger partial charge in [-0.15, -0.1) is 0 Å². The standard InChI is InChI=1S/C21H28N6O2/c1-15-14-29-21(28)27(15)19-7-8-23-20(25-19)24-16(2)18-5-3-17(4-6-18)13-26-11-9-22-10-12-26/h3-8,15-16,22H,9-14H2,1-2H3,(H,23,24,25)/t15?,16-/m0/s1. The molecule has 1 aromatic carbocycles. The van der Waals surface area contributed by atoms with E-state index in [9.17, 15) is 4.79 Å². The Kier molecular flexibility index (Phi) is 5.92. The number of carbonyl (C=O) groups is 1. The number of aromatic nitrogens is 2. The molecule has 1 unspecified atom stereocenters. The summed E-state index contributed by atoms with van der Waals surface area (Å²) in [5, 5.41) is 6.72. The van der Waals surface area contributed by atoms with Crippen LogP contribution in [0.5, 0.6) is 0 Å². The Morgan fingerprint density at radius 1 is 1.24 bits per heavy atom. The van der Waals surface area contributed by atoms with Gasteiger partial charge in [0.05, 0.1) is 12.1 Å². The third-order valence-corrected chi connectivity index (χ3v) is 5.41. The molecule has 2 saturated heterocycles. The molecular formula is C21H28N6O2. The summed E-state index contributed by atoms with van der Waals surface area (Å²) >= 11 is 0. The summed E-state index contributed by atoms with van der Waals surface area (Å²) in [6.45, 7) is 9.69. The molecule has 2 aromatic rings. The van der Waals surface area contributed by atoms with Crippen LogP contribution in [0.2, 0.25) is 0 Å². The quantitative estimate of drug-likeness (QED) is 0.776. The van der Waals surface area contributed by atoms with Crippen molar-refractivity contribution < 1.29 is 9.53 Å². The first kappa shape index (κ1) is 19.6. The molecule has 2 N–H and O–H groups in total. The molecule has 2 atom stereocenters. The molecular weight excluding hydrogens is 368 g/mol. The van der Waals surface area contributed by atoms with Crippen LogP contribution in [-0.2, 0) is 11.3 Å². The minimum Gasteiger partial charge on any atom is -0.447 e. The van der Waals surface area contributed by atoms with E-state index >= 15 is 0 Å². The monoisotopic (exact) mass is 396 g/mol. The second-order valence-corrected chi connectivity index (χ2v) is 7.67. The molecule has 154 valence electrons. The van der Waals surface area contributed by atoms with Crippen LogP contribution in [-0.4, -0.2) is 59.8 Å². The van der Waals surface area contributed by atoms with Crippen molar-refractivity contribution in [3.05, 3.63) is 47.7 Å². The lowest BCUT2D eigenvalue weighted by atomic mass is 10.1. The number of piperazine rings is 1. The predicted molar refractivity (Wildman–Crippen MR) is 112 cm³/mol. The number of hydrogen-bond donors (Lipinski definition) is 2. The van der Waals surface area contributed by atoms with Gasteiger partial charge in [0.15, 0.2) is 0 Å². The maximum atomic E-state index is 11.9. The summed E-state index contributed by atoms with van der Waals surface area (Å²) in [4.78, 5) is 24.8. The lowest BCUT2D eigenvalue weighted by molar-refractivity contribution is 0.179. The Labute approximate surface area is 171 Å². The average molecular weight is 396 g/mol. The molecule has 0 saturated carbocycles. The Morgan fingerprint density at radius 2 is 2.00 bits per heavy atom. The molecule has 0 spiro atoms. The Balaban J connectivity index is 1.39. The van der Waals surface area contributed by atoms with Gasteiger partial charge in [-0.3, -0.25) is 9.80 Å². The lowest BCUT2D eigenvalue weighted by Gasteiger charge is -2.27. The van der Waals surface area contributed by atoms with Crippen molar-refractivity contribution >= 4 is 17.9 Å². The highest BCUT2D eigenvalue weighted by atomic mass is 16.6. The second kappa shape index (κ2) is 8.75. The van der Waals surface area contributed by atoms with Crippen molar-refractivity contribution in [2.75, 3.05) is 43.0 Å². The lowest BCUT2D eigenvalue weighted by Crippen LogP contribution is -2.42. The van der Waals surface area contributed by atoms with E-state index in [0.717, 1.165) is 38.3 Å². The zero-order chi connectivity index (χ0) is 20.2. The number of rotatable bonds is 6. The SMILES string of the molecule is CC1COC(=O)N1c1ccnc(N[C@@H](C)c2ccc(CN3CCNCC3)cc2)n1. The van der Waals surface area contributed by atoms with Gasteiger partial charge in [-0.25, -0.2) is 9.78 Å². The van der Waals surface area contributed by atoms with Gasteiger partial charge in [0.1, 0.15) is 12.4 Å². The number of amides is 1. The predicted octanol–water partition coefficient (Wildman–Crippen LogP) is 2.40. The maximum Gasteiger partial charge on any atom is 0.415 e. The highest BCUT2D eigenvalue weighted by Crippen LogP contribution is 2.23. The van der Waals surface area contributed by atoms with Crippen LogP contribution in [0.15, 0.2) is 36.5 Å². The van der Waals surface area contributed by atoms with Gasteiger partial charge in [-0.1, -0.05) is 24.3 Å². The molecule has 29 heavy (non-hydrogen) atoms. The Hall–Kier alpha value is -2.71. The van der Waals surface area contributed by atoms with Crippen LogP contribution < -0.4 is 15.5 Å². The number of anilines is 2. The molecule has 0 aliphatic carbocycles. The van der Waals surface area contributed by atoms with Gasteiger partial charge in [-0.05, 0) is 31.0 Å². The van der Waals surface area contributed by atoms with Crippen LogP contribution in [0.4, 0.5) is 16.6 Å². The zero-order valence-corrected chi connectivity index (χ0v) is 17.0. The number of hydrogen-bond acceptors (Lipinski definition) is 7. The third-order valence-electron chi connectivity index (χ3n) is 5.41. The molecule has 3 heterocycles. The van der Waals surface area contributed by atoms with Crippen LogP contribution in [0.3, 0.4) is 0 Å². The van der Waals surface area contributed by atoms with E-state index in [4.69, 9.17) is 4.74 Å². The van der Waals surface area contributed by atoms with Crippen LogP contribution in [0.25, 0.3) is 0 Å². The summed E-state index contributed by atoms with van der Waals surface area (Å²) in [6, 6.07) is 10.4. The van der Waals surface area contributed by atoms with E-state index in [1.54, 1.807) is 17.2 Å². The molecule has 2 fully saturated rings. The van der Waals surface area contributed by atoms with E-state index in [1.807, 2.05) is 6.92 Å². The van der Waals surface area contributed by atoms with Crippen molar-refractivity contribution in [2.24, 2.45) is 0 Å². The molecule has 4 rings (SSSR count). The largest absolute Gasteiger partial charge is 0.447 e. The molecule has 0 radical (unpaired) electrons. The van der Waals surface area contributed by atoms with Gasteiger partial charge in [0.25, 0.3) is 0 Å². The number of nitrogens with one attached hydrogen (secondary N) is 2. The molecule has 2 aliphatic rings. The van der Waals surface area contributed by atoms with Crippen LogP contribution in [0, 0.1) is 0 Å². The van der Waals surface area contributed by atoms with Crippen LogP contribution >= 0.6 is 0 Å². The van der Waals surface area contributed by atoms with E-state index in [2.05, 4.69) is 56.7 Å². The molecule has 0 bridgehead atoms. The Morgan fingerprint density at radius 3 is 2.69 bits per heavy atom. The Bertz CT molecular complexity index is 837. The molecule has 1 amide bonds. The number of benzene rings is 1. The van der Waals surface area contributed by atoms with Gasteiger partial charge < -0.3 is 15.4 Å². The number of carbonyl (C=O) groups excluding carboxylic acids is 1. The van der Waals surface area contributed by atoms with Gasteiger partial charge >= 0.3 is 6.09 Å².